The predicted molar refractivity (Wildman–Crippen MR) is 97.1 cm³/mol. The summed E-state index contributed by atoms with van der Waals surface area (Å²) < 4.78 is 134. The number of rotatable bonds is 4. The molecule has 0 saturated heterocycles. The number of benzene rings is 1. The highest BCUT2D eigenvalue weighted by Crippen LogP contribution is 2.32. The molecule has 0 aliphatic rings. The van der Waals surface area contributed by atoms with E-state index in [0.29, 0.717) is 12.1 Å². The summed E-state index contributed by atoms with van der Waals surface area (Å²) in [5.41, 5.74) is -4.36. The first-order chi connectivity index (χ1) is 15.4. The third-order valence-electron chi connectivity index (χ3n) is 3.48. The summed E-state index contributed by atoms with van der Waals surface area (Å²) in [4.78, 5) is 3.99. The van der Waals surface area contributed by atoms with Crippen LogP contribution in [0.4, 0.5) is 26.3 Å². The molecule has 0 atom stereocenters. The molecule has 0 N–H and O–H groups in total. The lowest BCUT2D eigenvalue weighted by atomic mass is 9.87. The second-order valence-electron chi connectivity index (χ2n) is 7.28. The third kappa shape index (κ3) is 6.84. The van der Waals surface area contributed by atoms with Crippen molar-refractivity contribution in [2.45, 2.75) is 59.1 Å². The van der Waals surface area contributed by atoms with Crippen LogP contribution in [-0.2, 0) is 19.2 Å². The Balaban J connectivity index is 2.78. The minimum absolute atomic E-state index is 0.181. The van der Waals surface area contributed by atoms with E-state index in [1.165, 1.54) is 0 Å². The van der Waals surface area contributed by atoms with E-state index in [2.05, 4.69) is 4.98 Å². The molecule has 0 saturated carbocycles. The zero-order valence-corrected chi connectivity index (χ0v) is 15.3. The molecule has 0 unspecified atom stereocenters. The first-order valence-electron chi connectivity index (χ1n) is 11.7. The molecule has 2 rings (SSSR count). The first-order valence-corrected chi connectivity index (χ1v) is 8.18. The topological polar surface area (TPSA) is 12.9 Å². The Bertz CT molecular complexity index is 1080. The number of aryl methyl sites for hydroxylation is 1. The van der Waals surface area contributed by atoms with Crippen LogP contribution in [0.2, 0.25) is 0 Å². The van der Waals surface area contributed by atoms with Gasteiger partial charge in [0.05, 0.1) is 18.5 Å². The average molecular weight is 410 g/mol. The van der Waals surface area contributed by atoms with Crippen LogP contribution < -0.4 is 0 Å². The highest BCUT2D eigenvalue weighted by molar-refractivity contribution is 5.62. The number of nitrogens with zero attached hydrogens (tertiary/aromatic N) is 1. The Labute approximate surface area is 170 Å². The SMILES string of the molecule is [2H]C([2H])([2H])c1cc(-c2ccc(C([2H])([2H])C(F)(F)F)c(CC(F)(F)F)c2)ncc1C([2H])([2H])C(C)(C)C. The first kappa shape index (κ1) is 14.0. The Hall–Kier alpha value is -2.05. The second-order valence-corrected chi connectivity index (χ2v) is 7.28. The van der Waals surface area contributed by atoms with Crippen molar-refractivity contribution in [2.24, 2.45) is 5.41 Å². The Kier molecular flexibility index (Phi) is 3.88. The van der Waals surface area contributed by atoms with Crippen LogP contribution in [0.3, 0.4) is 0 Å². The van der Waals surface area contributed by atoms with Crippen LogP contribution in [0.25, 0.3) is 11.3 Å². The van der Waals surface area contributed by atoms with E-state index in [-0.39, 0.29) is 16.8 Å². The zero-order chi connectivity index (χ0) is 27.4. The smallest absolute Gasteiger partial charge is 0.256 e. The molecular formula is C21H23F6N. The fourth-order valence-corrected chi connectivity index (χ4v) is 2.51. The van der Waals surface area contributed by atoms with Gasteiger partial charge in [-0.3, -0.25) is 4.98 Å². The summed E-state index contributed by atoms with van der Waals surface area (Å²) in [6, 6.07) is 3.15. The normalized spacial score (nSPS) is 18.2. The average Bonchev–Trinajstić information content (AvgIpc) is 2.63. The molecule has 0 radical (unpaired) electrons. The summed E-state index contributed by atoms with van der Waals surface area (Å²) in [6.45, 7) is 1.79. The van der Waals surface area contributed by atoms with E-state index in [1.807, 2.05) is 0 Å². The lowest BCUT2D eigenvalue weighted by molar-refractivity contribution is -0.132. The van der Waals surface area contributed by atoms with Gasteiger partial charge in [-0.1, -0.05) is 32.9 Å². The maximum atomic E-state index is 13.2. The molecule has 1 nitrogen and oxygen atoms in total. The standard InChI is InChI=1S/C21H23F6N/c1-13-7-18(28-12-17(13)9-19(2,3)4)14-5-6-15(10-20(22,23)24)16(8-14)11-21(25,26)27/h5-8,12H,9-11H2,1-4H3/i1D3,9D2,10D2. The molecule has 0 spiro atoms. The van der Waals surface area contributed by atoms with Crippen LogP contribution in [0.1, 0.15) is 52.6 Å². The van der Waals surface area contributed by atoms with Crippen LogP contribution in [0.5, 0.6) is 0 Å². The summed E-state index contributed by atoms with van der Waals surface area (Å²) in [7, 11) is 0. The van der Waals surface area contributed by atoms with Crippen molar-refractivity contribution in [3.63, 3.8) is 0 Å². The number of pyridine rings is 1. The van der Waals surface area contributed by atoms with E-state index in [4.69, 9.17) is 9.60 Å². The molecule has 154 valence electrons. The minimum atomic E-state index is -5.48. The van der Waals surface area contributed by atoms with Gasteiger partial charge in [-0.2, -0.15) is 26.3 Å². The Morgan fingerprint density at radius 3 is 2.11 bits per heavy atom. The van der Waals surface area contributed by atoms with E-state index >= 15 is 0 Å². The van der Waals surface area contributed by atoms with Crippen molar-refractivity contribution in [1.82, 2.24) is 4.98 Å². The molecule has 0 bridgehead atoms. The van der Waals surface area contributed by atoms with Gasteiger partial charge < -0.3 is 0 Å². The van der Waals surface area contributed by atoms with Gasteiger partial charge in [0.2, 0.25) is 0 Å². The van der Waals surface area contributed by atoms with Crippen molar-refractivity contribution in [3.8, 4) is 11.3 Å². The van der Waals surface area contributed by atoms with E-state index < -0.39 is 60.5 Å². The molecule has 0 aliphatic carbocycles. The lowest BCUT2D eigenvalue weighted by Gasteiger charge is -2.20. The Morgan fingerprint density at radius 1 is 0.893 bits per heavy atom. The van der Waals surface area contributed by atoms with Gasteiger partial charge in [-0.25, -0.2) is 0 Å². The zero-order valence-electron chi connectivity index (χ0n) is 22.3. The number of hydrogen-bond donors (Lipinski definition) is 0. The maximum absolute atomic E-state index is 13.2. The lowest BCUT2D eigenvalue weighted by Crippen LogP contribution is -2.17. The number of hydrogen-bond acceptors (Lipinski definition) is 1. The van der Waals surface area contributed by atoms with Gasteiger partial charge in [0.25, 0.3) is 0 Å². The van der Waals surface area contributed by atoms with Crippen LogP contribution in [0.15, 0.2) is 30.5 Å². The quantitative estimate of drug-likeness (QED) is 0.502. The number of halogens is 6. The van der Waals surface area contributed by atoms with Crippen LogP contribution in [-0.4, -0.2) is 17.3 Å². The maximum Gasteiger partial charge on any atom is 0.393 e. The molecule has 1 aromatic heterocycles. The van der Waals surface area contributed by atoms with Gasteiger partial charge in [0.15, 0.2) is 0 Å². The monoisotopic (exact) mass is 410 g/mol. The molecule has 1 aromatic carbocycles. The summed E-state index contributed by atoms with van der Waals surface area (Å²) in [6.07, 6.45) is -17.6. The molecule has 0 amide bonds. The van der Waals surface area contributed by atoms with Gasteiger partial charge in [0, 0.05) is 21.4 Å². The van der Waals surface area contributed by atoms with Crippen molar-refractivity contribution in [1.29, 1.82) is 0 Å². The molecule has 0 aliphatic heterocycles. The highest BCUT2D eigenvalue weighted by Gasteiger charge is 2.33. The number of alkyl halides is 6. The van der Waals surface area contributed by atoms with Gasteiger partial charge >= 0.3 is 12.4 Å². The predicted octanol–water partition coefficient (Wildman–Crippen LogP) is 6.86. The van der Waals surface area contributed by atoms with E-state index in [1.54, 1.807) is 20.8 Å². The minimum Gasteiger partial charge on any atom is -0.256 e. The Morgan fingerprint density at radius 2 is 1.57 bits per heavy atom. The van der Waals surface area contributed by atoms with Gasteiger partial charge in [-0.15, -0.1) is 0 Å². The third-order valence-corrected chi connectivity index (χ3v) is 3.48. The number of aromatic nitrogens is 1. The molecule has 28 heavy (non-hydrogen) atoms. The summed E-state index contributed by atoms with van der Waals surface area (Å²) in [5, 5.41) is 0. The molecule has 0 fully saturated rings. The van der Waals surface area contributed by atoms with Crippen molar-refractivity contribution in [2.75, 3.05) is 0 Å². The molecular weight excluding hydrogens is 380 g/mol. The van der Waals surface area contributed by atoms with Gasteiger partial charge in [0.1, 0.15) is 0 Å². The van der Waals surface area contributed by atoms with Crippen molar-refractivity contribution < 1.29 is 35.9 Å². The highest BCUT2D eigenvalue weighted by atomic mass is 19.4. The summed E-state index contributed by atoms with van der Waals surface area (Å²) >= 11 is 0. The second kappa shape index (κ2) is 7.76. The fraction of sp³-hybridized carbons (Fsp3) is 0.476. The van der Waals surface area contributed by atoms with Crippen molar-refractivity contribution >= 4 is 0 Å². The largest absolute Gasteiger partial charge is 0.393 e. The van der Waals surface area contributed by atoms with E-state index in [0.717, 1.165) is 18.3 Å². The van der Waals surface area contributed by atoms with Crippen molar-refractivity contribution in [3.05, 3.63) is 52.7 Å². The molecule has 2 aromatic rings. The molecule has 7 heteroatoms. The van der Waals surface area contributed by atoms with Crippen LogP contribution in [0, 0.1) is 12.3 Å². The van der Waals surface area contributed by atoms with E-state index in [9.17, 15) is 26.3 Å². The fourth-order valence-electron chi connectivity index (χ4n) is 2.51. The summed E-state index contributed by atoms with van der Waals surface area (Å²) in [5.74, 6) is 0. The molecule has 1 heterocycles. The van der Waals surface area contributed by atoms with Gasteiger partial charge in [-0.05, 0) is 53.0 Å². The van der Waals surface area contributed by atoms with Crippen LogP contribution >= 0.6 is 0 Å².